The third-order valence-corrected chi connectivity index (χ3v) is 5.10. The molecule has 168 valence electrons. The van der Waals surface area contributed by atoms with Crippen molar-refractivity contribution in [2.24, 2.45) is 0 Å². The first kappa shape index (κ1) is 24.4. The summed E-state index contributed by atoms with van der Waals surface area (Å²) in [7, 11) is 1.42. The zero-order chi connectivity index (χ0) is 23.0. The summed E-state index contributed by atoms with van der Waals surface area (Å²) < 4.78 is 10.6. The van der Waals surface area contributed by atoms with Crippen LogP contribution >= 0.6 is 11.6 Å². The Bertz CT molecular complexity index is 915. The fraction of sp³-hybridized carbons (Fsp3) is 0.381. The normalized spacial score (nSPS) is 18.0. The third kappa shape index (κ3) is 6.30. The minimum Gasteiger partial charge on any atom is -0.483 e. The highest BCUT2D eigenvalue weighted by Crippen LogP contribution is 2.31. The molecule has 2 atom stereocenters. The van der Waals surface area contributed by atoms with Crippen molar-refractivity contribution in [3.8, 4) is 11.3 Å². The molecule has 0 radical (unpaired) electrons. The molecule has 3 rings (SSSR count). The van der Waals surface area contributed by atoms with Crippen molar-refractivity contribution in [3.63, 3.8) is 0 Å². The van der Waals surface area contributed by atoms with E-state index in [-0.39, 0.29) is 31.4 Å². The number of piperidine rings is 1. The Kier molecular flexibility index (Phi) is 9.04. The molecule has 1 aromatic carbocycles. The number of nitrogens with one attached hydrogen (secondary N) is 1. The highest BCUT2D eigenvalue weighted by molar-refractivity contribution is 6.33. The summed E-state index contributed by atoms with van der Waals surface area (Å²) in [5, 5.41) is 20.3. The first-order valence-electron chi connectivity index (χ1n) is 9.51. The number of aliphatic hydroxyl groups is 1. The third-order valence-electron chi connectivity index (χ3n) is 4.77. The van der Waals surface area contributed by atoms with Crippen LogP contribution < -0.4 is 5.32 Å². The van der Waals surface area contributed by atoms with Gasteiger partial charge in [0.05, 0.1) is 22.7 Å². The van der Waals surface area contributed by atoms with E-state index < -0.39 is 12.1 Å². The monoisotopic (exact) mass is 452 g/mol. The molecule has 1 aromatic heterocycles. The summed E-state index contributed by atoms with van der Waals surface area (Å²) in [6, 6.07) is 8.39. The molecule has 2 aromatic rings. The van der Waals surface area contributed by atoms with Gasteiger partial charge in [-0.05, 0) is 31.5 Å². The molecular weight excluding hydrogens is 428 g/mol. The first-order valence-corrected chi connectivity index (χ1v) is 9.89. The number of carbonyl (C=O) groups is 3. The molecular formula is C21H25ClN2O7. The maximum absolute atomic E-state index is 13.0. The number of hydrogen-bond donors (Lipinski definition) is 3. The van der Waals surface area contributed by atoms with E-state index in [9.17, 15) is 14.7 Å². The van der Waals surface area contributed by atoms with E-state index >= 15 is 0 Å². The van der Waals surface area contributed by atoms with E-state index in [0.717, 1.165) is 0 Å². The molecule has 2 amide bonds. The SMILES string of the molecule is COCC(=O)N[C@@H]1CN(C(=O)c2cc(-c3ccccc3Cl)oc2C)CC[C@@H]1O.O=CO. The van der Waals surface area contributed by atoms with Gasteiger partial charge >= 0.3 is 0 Å². The van der Waals surface area contributed by atoms with Crippen LogP contribution in [0.5, 0.6) is 0 Å². The van der Waals surface area contributed by atoms with Gasteiger partial charge in [-0.15, -0.1) is 0 Å². The number of amides is 2. The molecule has 3 N–H and O–H groups in total. The lowest BCUT2D eigenvalue weighted by Gasteiger charge is -2.36. The molecule has 10 heteroatoms. The largest absolute Gasteiger partial charge is 0.483 e. The Hall–Kier alpha value is -2.88. The highest BCUT2D eigenvalue weighted by Gasteiger charge is 2.33. The number of nitrogens with zero attached hydrogens (tertiary/aromatic N) is 1. The van der Waals surface area contributed by atoms with Crippen LogP contribution in [0.4, 0.5) is 0 Å². The van der Waals surface area contributed by atoms with Gasteiger partial charge in [0.2, 0.25) is 5.91 Å². The number of rotatable bonds is 5. The van der Waals surface area contributed by atoms with Gasteiger partial charge in [0.25, 0.3) is 12.4 Å². The summed E-state index contributed by atoms with van der Waals surface area (Å²) in [6.07, 6.45) is -0.341. The quantitative estimate of drug-likeness (QED) is 0.591. The summed E-state index contributed by atoms with van der Waals surface area (Å²) in [5.74, 6) is 0.471. The van der Waals surface area contributed by atoms with Crippen LogP contribution in [0.1, 0.15) is 22.5 Å². The molecule has 9 nitrogen and oxygen atoms in total. The number of aryl methyl sites for hydroxylation is 1. The zero-order valence-corrected chi connectivity index (χ0v) is 18.0. The summed E-state index contributed by atoms with van der Waals surface area (Å²) >= 11 is 6.22. The molecule has 2 heterocycles. The van der Waals surface area contributed by atoms with Crippen LogP contribution in [-0.4, -0.2) is 72.4 Å². The van der Waals surface area contributed by atoms with Crippen molar-refractivity contribution in [2.45, 2.75) is 25.5 Å². The number of ether oxygens (including phenoxy) is 1. The molecule has 0 spiro atoms. The average molecular weight is 453 g/mol. The van der Waals surface area contributed by atoms with Crippen LogP contribution in [0.25, 0.3) is 11.3 Å². The van der Waals surface area contributed by atoms with Gasteiger partial charge in [-0.2, -0.15) is 0 Å². The Balaban J connectivity index is 0.00000107. The molecule has 1 aliphatic rings. The van der Waals surface area contributed by atoms with Gasteiger partial charge in [0, 0.05) is 25.8 Å². The van der Waals surface area contributed by atoms with Crippen molar-refractivity contribution < 1.29 is 33.8 Å². The van der Waals surface area contributed by atoms with Crippen molar-refractivity contribution >= 4 is 29.9 Å². The number of carboxylic acid groups (broad SMARTS) is 1. The van der Waals surface area contributed by atoms with Crippen LogP contribution in [0.3, 0.4) is 0 Å². The van der Waals surface area contributed by atoms with Crippen molar-refractivity contribution in [2.75, 3.05) is 26.8 Å². The number of furan rings is 1. The smallest absolute Gasteiger partial charge is 0.290 e. The van der Waals surface area contributed by atoms with E-state index in [1.54, 1.807) is 24.0 Å². The maximum atomic E-state index is 13.0. The van der Waals surface area contributed by atoms with Crippen molar-refractivity contribution in [1.29, 1.82) is 0 Å². The molecule has 0 saturated carbocycles. The summed E-state index contributed by atoms with van der Waals surface area (Å²) in [5.41, 5.74) is 1.15. The zero-order valence-electron chi connectivity index (χ0n) is 17.2. The number of aliphatic hydroxyl groups excluding tert-OH is 1. The molecule has 1 fully saturated rings. The number of hydrogen-bond acceptors (Lipinski definition) is 6. The van der Waals surface area contributed by atoms with E-state index in [4.69, 9.17) is 30.7 Å². The maximum Gasteiger partial charge on any atom is 0.290 e. The lowest BCUT2D eigenvalue weighted by Crippen LogP contribution is -2.56. The fourth-order valence-corrected chi connectivity index (χ4v) is 3.53. The van der Waals surface area contributed by atoms with Gasteiger partial charge < -0.3 is 29.6 Å². The van der Waals surface area contributed by atoms with Crippen LogP contribution in [-0.2, 0) is 14.3 Å². The van der Waals surface area contributed by atoms with Gasteiger partial charge in [-0.1, -0.05) is 23.7 Å². The first-order chi connectivity index (χ1) is 14.8. The van der Waals surface area contributed by atoms with Gasteiger partial charge in [-0.25, -0.2) is 0 Å². The van der Waals surface area contributed by atoms with Crippen LogP contribution in [0, 0.1) is 6.92 Å². The van der Waals surface area contributed by atoms with Gasteiger partial charge in [0.15, 0.2) is 0 Å². The second-order valence-corrected chi connectivity index (χ2v) is 7.29. The Labute approximate surface area is 184 Å². The standard InChI is InChI=1S/C20H23ClN2O5.CH2O2/c1-12-14(9-18(28-12)13-5-3-4-6-15(13)21)20(26)23-8-7-17(24)16(10-23)22-19(25)11-27-2;2-1-3/h3-6,9,16-17,24H,7-8,10-11H2,1-2H3,(H,22,25);1H,(H,2,3)/t16-,17+;/m1./s1. The molecule has 0 bridgehead atoms. The Morgan fingerprint density at radius 3 is 2.71 bits per heavy atom. The lowest BCUT2D eigenvalue weighted by atomic mass is 10.0. The van der Waals surface area contributed by atoms with E-state index in [2.05, 4.69) is 5.32 Å². The van der Waals surface area contributed by atoms with Crippen LogP contribution in [0.15, 0.2) is 34.7 Å². The topological polar surface area (TPSA) is 129 Å². The van der Waals surface area contributed by atoms with E-state index in [0.29, 0.717) is 40.6 Å². The predicted molar refractivity (Wildman–Crippen MR) is 113 cm³/mol. The molecule has 1 aliphatic heterocycles. The highest BCUT2D eigenvalue weighted by atomic mass is 35.5. The summed E-state index contributed by atoms with van der Waals surface area (Å²) in [6.45, 7) is 1.98. The molecule has 0 unspecified atom stereocenters. The second kappa shape index (κ2) is 11.5. The number of carbonyl (C=O) groups excluding carboxylic acids is 2. The van der Waals surface area contributed by atoms with Crippen molar-refractivity contribution in [1.82, 2.24) is 10.2 Å². The predicted octanol–water partition coefficient (Wildman–Crippen LogP) is 1.95. The average Bonchev–Trinajstić information content (AvgIpc) is 3.11. The minimum absolute atomic E-state index is 0.0980. The van der Waals surface area contributed by atoms with Crippen molar-refractivity contribution in [3.05, 3.63) is 46.7 Å². The lowest BCUT2D eigenvalue weighted by molar-refractivity contribution is -0.127. The van der Waals surface area contributed by atoms with Gasteiger partial charge in [0.1, 0.15) is 18.1 Å². The molecule has 31 heavy (non-hydrogen) atoms. The summed E-state index contributed by atoms with van der Waals surface area (Å²) in [4.78, 5) is 34.8. The van der Waals surface area contributed by atoms with Gasteiger partial charge in [-0.3, -0.25) is 14.4 Å². The number of methoxy groups -OCH3 is 1. The molecule has 1 saturated heterocycles. The Morgan fingerprint density at radius 1 is 1.39 bits per heavy atom. The van der Waals surface area contributed by atoms with E-state index in [1.807, 2.05) is 18.2 Å². The number of benzene rings is 1. The number of likely N-dealkylation sites (tertiary alicyclic amines) is 1. The molecule has 0 aliphatic carbocycles. The van der Waals surface area contributed by atoms with E-state index in [1.165, 1.54) is 7.11 Å². The second-order valence-electron chi connectivity index (χ2n) is 6.88. The minimum atomic E-state index is -0.714. The fourth-order valence-electron chi connectivity index (χ4n) is 3.30. The number of halogens is 1. The Morgan fingerprint density at radius 2 is 2.06 bits per heavy atom. The van der Waals surface area contributed by atoms with Crippen LogP contribution in [0.2, 0.25) is 5.02 Å².